The van der Waals surface area contributed by atoms with E-state index in [1.807, 2.05) is 0 Å². The van der Waals surface area contributed by atoms with Gasteiger partial charge >= 0.3 is 11.9 Å². The van der Waals surface area contributed by atoms with Gasteiger partial charge in [0, 0.05) is 20.8 Å². The molecule has 0 fully saturated rings. The van der Waals surface area contributed by atoms with Crippen LogP contribution in [0.4, 0.5) is 0 Å². The Hall–Kier alpha value is -3.15. The van der Waals surface area contributed by atoms with Crippen LogP contribution in [0.2, 0.25) is 0 Å². The maximum Gasteiger partial charge on any atom is 0.302 e. The Morgan fingerprint density at radius 2 is 1.14 bits per heavy atom. The molecule has 1 N–H and O–H groups in total. The first-order valence-corrected chi connectivity index (χ1v) is 13.5. The molecule has 0 aliphatic rings. The first kappa shape index (κ1) is 30.1. The molecule has 0 saturated heterocycles. The average Bonchev–Trinajstić information content (AvgIpc) is 2.87. The Labute approximate surface area is 222 Å². The fraction of sp³-hybridized carbons (Fsp3) is 0.516. The quantitative estimate of drug-likeness (QED) is 0.216. The van der Waals surface area contributed by atoms with Gasteiger partial charge in [-0.3, -0.25) is 14.4 Å². The van der Waals surface area contributed by atoms with E-state index in [1.54, 1.807) is 0 Å². The predicted molar refractivity (Wildman–Crippen MR) is 147 cm³/mol. The van der Waals surface area contributed by atoms with Crippen molar-refractivity contribution in [2.45, 2.75) is 91.0 Å². The maximum absolute atomic E-state index is 11.8. The first-order valence-electron chi connectivity index (χ1n) is 13.5. The van der Waals surface area contributed by atoms with E-state index in [4.69, 9.17) is 9.47 Å². The molecule has 0 aliphatic carbocycles. The number of rotatable bonds is 16. The Morgan fingerprint density at radius 3 is 1.54 bits per heavy atom. The highest BCUT2D eigenvalue weighted by atomic mass is 16.5. The van der Waals surface area contributed by atoms with Gasteiger partial charge < -0.3 is 14.8 Å². The van der Waals surface area contributed by atoms with E-state index in [0.29, 0.717) is 6.42 Å². The molecule has 0 unspecified atom stereocenters. The van der Waals surface area contributed by atoms with E-state index in [1.165, 1.54) is 68.7 Å². The highest BCUT2D eigenvalue weighted by Crippen LogP contribution is 2.23. The predicted octanol–water partition coefficient (Wildman–Crippen LogP) is 6.19. The molecule has 0 aromatic heterocycles. The zero-order valence-corrected chi connectivity index (χ0v) is 22.9. The summed E-state index contributed by atoms with van der Waals surface area (Å²) in [6.45, 7) is 6.19. The largest absolute Gasteiger partial charge is 0.463 e. The van der Waals surface area contributed by atoms with Crippen molar-refractivity contribution in [3.8, 4) is 11.1 Å². The zero-order valence-electron chi connectivity index (χ0n) is 22.9. The minimum Gasteiger partial charge on any atom is -0.463 e. The highest BCUT2D eigenvalue weighted by Gasteiger charge is 2.33. The fourth-order valence-electron chi connectivity index (χ4n) is 4.45. The van der Waals surface area contributed by atoms with Crippen LogP contribution in [0.25, 0.3) is 11.1 Å². The van der Waals surface area contributed by atoms with Crippen molar-refractivity contribution in [1.29, 1.82) is 0 Å². The second-order valence-electron chi connectivity index (χ2n) is 9.93. The van der Waals surface area contributed by atoms with Crippen molar-refractivity contribution in [3.05, 3.63) is 59.7 Å². The van der Waals surface area contributed by atoms with E-state index in [9.17, 15) is 14.4 Å². The van der Waals surface area contributed by atoms with Gasteiger partial charge in [0.05, 0.1) is 0 Å². The number of aryl methyl sites for hydroxylation is 2. The minimum absolute atomic E-state index is 0.0403. The number of hydrogen-bond donors (Lipinski definition) is 1. The van der Waals surface area contributed by atoms with Crippen molar-refractivity contribution in [2.24, 2.45) is 0 Å². The van der Waals surface area contributed by atoms with E-state index < -0.39 is 17.5 Å². The summed E-state index contributed by atoms with van der Waals surface area (Å²) in [6, 6.07) is 17.5. The molecule has 2 rings (SSSR count). The van der Waals surface area contributed by atoms with Crippen molar-refractivity contribution in [1.82, 2.24) is 5.32 Å². The number of carbonyl (C=O) groups excluding carboxylic acids is 3. The van der Waals surface area contributed by atoms with Gasteiger partial charge in [-0.2, -0.15) is 0 Å². The molecule has 37 heavy (non-hydrogen) atoms. The molecule has 0 radical (unpaired) electrons. The standard InChI is InChI=1S/C31H43NO5/c1-5-6-7-8-11-27-13-17-29(18-14-27)30-19-15-28(16-20-30)12-9-10-21-31(32-24(2)33,22-36-25(3)34)23-37-26(4)35/h13-20H,5-12,21-23H2,1-4H3,(H,32,33). The van der Waals surface area contributed by atoms with Crippen LogP contribution in [0.1, 0.15) is 83.8 Å². The lowest BCUT2D eigenvalue weighted by Crippen LogP contribution is -2.55. The van der Waals surface area contributed by atoms with Gasteiger partial charge in [0.1, 0.15) is 18.8 Å². The number of esters is 2. The summed E-state index contributed by atoms with van der Waals surface area (Å²) >= 11 is 0. The first-order chi connectivity index (χ1) is 17.7. The lowest BCUT2D eigenvalue weighted by atomic mass is 9.92. The normalized spacial score (nSPS) is 11.1. The molecule has 2 aromatic rings. The van der Waals surface area contributed by atoms with Gasteiger partial charge in [-0.25, -0.2) is 0 Å². The Kier molecular flexibility index (Phi) is 12.9. The topological polar surface area (TPSA) is 81.7 Å². The fourth-order valence-corrected chi connectivity index (χ4v) is 4.45. The van der Waals surface area contributed by atoms with E-state index in [-0.39, 0.29) is 19.1 Å². The number of nitrogens with one attached hydrogen (secondary N) is 1. The van der Waals surface area contributed by atoms with Crippen LogP contribution in [0, 0.1) is 0 Å². The molecule has 0 spiro atoms. The summed E-state index contributed by atoms with van der Waals surface area (Å²) in [7, 11) is 0. The van der Waals surface area contributed by atoms with Crippen molar-refractivity contribution >= 4 is 17.8 Å². The van der Waals surface area contributed by atoms with Crippen LogP contribution < -0.4 is 5.32 Å². The van der Waals surface area contributed by atoms with Gasteiger partial charge in [-0.05, 0) is 54.4 Å². The van der Waals surface area contributed by atoms with E-state index in [0.717, 1.165) is 25.7 Å². The summed E-state index contributed by atoms with van der Waals surface area (Å²) in [5.74, 6) is -1.15. The lowest BCUT2D eigenvalue weighted by Gasteiger charge is -2.33. The van der Waals surface area contributed by atoms with Crippen molar-refractivity contribution < 1.29 is 23.9 Å². The van der Waals surface area contributed by atoms with E-state index >= 15 is 0 Å². The SMILES string of the molecule is CCCCCCc1ccc(-c2ccc(CCCCC(COC(C)=O)(COC(C)=O)NC(C)=O)cc2)cc1. The van der Waals surface area contributed by atoms with Gasteiger partial charge in [-0.1, -0.05) is 81.1 Å². The molecule has 0 heterocycles. The third kappa shape index (κ3) is 11.6. The second-order valence-corrected chi connectivity index (χ2v) is 9.93. The van der Waals surface area contributed by atoms with Crippen molar-refractivity contribution in [3.63, 3.8) is 0 Å². The number of hydrogen-bond acceptors (Lipinski definition) is 5. The van der Waals surface area contributed by atoms with Gasteiger partial charge in [-0.15, -0.1) is 0 Å². The monoisotopic (exact) mass is 509 g/mol. The van der Waals surface area contributed by atoms with Crippen LogP contribution in [0.15, 0.2) is 48.5 Å². The van der Waals surface area contributed by atoms with Crippen LogP contribution in [0.3, 0.4) is 0 Å². The number of benzene rings is 2. The molecule has 0 atom stereocenters. The minimum atomic E-state index is -0.935. The zero-order chi connectivity index (χ0) is 27.1. The Morgan fingerprint density at radius 1 is 0.676 bits per heavy atom. The van der Waals surface area contributed by atoms with Crippen molar-refractivity contribution in [2.75, 3.05) is 13.2 Å². The molecule has 0 aliphatic heterocycles. The number of unbranched alkanes of at least 4 members (excludes halogenated alkanes) is 4. The summed E-state index contributed by atoms with van der Waals surface area (Å²) in [6.07, 6.45) is 9.32. The molecule has 0 bridgehead atoms. The second kappa shape index (κ2) is 15.9. The van der Waals surface area contributed by atoms with Gasteiger partial charge in [0.2, 0.25) is 5.91 Å². The molecule has 202 valence electrons. The van der Waals surface area contributed by atoms with Crippen LogP contribution in [0.5, 0.6) is 0 Å². The third-order valence-electron chi connectivity index (χ3n) is 6.48. The van der Waals surface area contributed by atoms with E-state index in [2.05, 4.69) is 60.8 Å². The summed E-state index contributed by atoms with van der Waals surface area (Å²) < 4.78 is 10.4. The van der Waals surface area contributed by atoms with Crippen LogP contribution in [-0.4, -0.2) is 36.6 Å². The van der Waals surface area contributed by atoms with Crippen LogP contribution in [-0.2, 0) is 36.7 Å². The lowest BCUT2D eigenvalue weighted by molar-refractivity contribution is -0.150. The average molecular weight is 510 g/mol. The molecular weight excluding hydrogens is 466 g/mol. The Bertz CT molecular complexity index is 964. The van der Waals surface area contributed by atoms with Gasteiger partial charge in [0.25, 0.3) is 0 Å². The molecule has 0 saturated carbocycles. The highest BCUT2D eigenvalue weighted by molar-refractivity contribution is 5.74. The number of ether oxygens (including phenoxy) is 2. The Balaban J connectivity index is 1.91. The molecule has 2 aromatic carbocycles. The third-order valence-corrected chi connectivity index (χ3v) is 6.48. The summed E-state index contributed by atoms with van der Waals surface area (Å²) in [5.41, 5.74) is 4.12. The smallest absolute Gasteiger partial charge is 0.302 e. The van der Waals surface area contributed by atoms with Gasteiger partial charge in [0.15, 0.2) is 0 Å². The molecule has 6 heteroatoms. The molecule has 6 nitrogen and oxygen atoms in total. The molecular formula is C31H43NO5. The maximum atomic E-state index is 11.8. The summed E-state index contributed by atoms with van der Waals surface area (Å²) in [4.78, 5) is 34.6. The number of carbonyl (C=O) groups is 3. The van der Waals surface area contributed by atoms with Crippen LogP contribution >= 0.6 is 0 Å². The molecule has 1 amide bonds. The summed E-state index contributed by atoms with van der Waals surface area (Å²) in [5, 5.41) is 2.86. The number of amides is 1.